The Bertz CT molecular complexity index is 1060. The summed E-state index contributed by atoms with van der Waals surface area (Å²) in [5.74, 6) is 2.58. The van der Waals surface area contributed by atoms with Crippen LogP contribution in [0.1, 0.15) is 102 Å². The van der Waals surface area contributed by atoms with Crippen molar-refractivity contribution in [3.05, 3.63) is 65.2 Å². The minimum Gasteiger partial charge on any atom is -0.493 e. The fraction of sp³-hybridized carbons (Fsp3) is 0.571. The predicted molar refractivity (Wildman–Crippen MR) is 175 cm³/mol. The predicted octanol–water partition coefficient (Wildman–Crippen LogP) is 9.35. The second-order valence-corrected chi connectivity index (χ2v) is 12.0. The number of ether oxygens (including phenoxy) is 2. The first-order valence-corrected chi connectivity index (χ1v) is 16.8. The molecule has 1 amide bonds. The van der Waals surface area contributed by atoms with Crippen molar-refractivity contribution in [2.75, 3.05) is 31.0 Å². The van der Waals surface area contributed by atoms with Crippen LogP contribution in [0.15, 0.2) is 54.1 Å². The van der Waals surface area contributed by atoms with Gasteiger partial charge in [0.15, 0.2) is 11.5 Å². The number of methoxy groups -OCH3 is 1. The van der Waals surface area contributed by atoms with E-state index in [1.807, 2.05) is 23.1 Å². The van der Waals surface area contributed by atoms with Gasteiger partial charge in [-0.2, -0.15) is 0 Å². The van der Waals surface area contributed by atoms with Crippen molar-refractivity contribution in [2.24, 2.45) is 0 Å². The molecule has 0 bridgehead atoms. The third kappa shape index (κ3) is 12.4. The molecule has 6 heteroatoms. The summed E-state index contributed by atoms with van der Waals surface area (Å²) in [5.41, 5.74) is 3.29. The van der Waals surface area contributed by atoms with Crippen molar-refractivity contribution in [3.63, 3.8) is 0 Å². The van der Waals surface area contributed by atoms with E-state index >= 15 is 0 Å². The summed E-state index contributed by atoms with van der Waals surface area (Å²) in [7, 11) is 1.69. The second kappa shape index (κ2) is 19.5. The largest absolute Gasteiger partial charge is 0.493 e. The van der Waals surface area contributed by atoms with Crippen molar-refractivity contribution in [1.82, 2.24) is 4.90 Å². The maximum Gasteiger partial charge on any atom is 0.223 e. The van der Waals surface area contributed by atoms with E-state index in [-0.39, 0.29) is 5.91 Å². The standard InChI is InChI=1S/C35H52N2O3S/c1-4-5-6-7-8-9-10-11-12-13-14-15-24-40-35-27-31(19-20-34(35)39-3)21-22-37(30(2)38)33-18-16-17-32(26-33)28-36-23-25-41-29-36/h16-20,23,25-27H,4-15,21-22,24,28-29H2,1-3H3. The summed E-state index contributed by atoms with van der Waals surface area (Å²) in [4.78, 5) is 16.7. The Hall–Kier alpha value is -2.60. The molecule has 0 saturated heterocycles. The Morgan fingerprint density at radius 1 is 0.878 bits per heavy atom. The molecule has 2 aromatic rings. The Labute approximate surface area is 253 Å². The molecule has 0 aliphatic carbocycles. The molecule has 0 N–H and O–H groups in total. The van der Waals surface area contributed by atoms with Gasteiger partial charge in [-0.25, -0.2) is 0 Å². The Morgan fingerprint density at radius 2 is 1.59 bits per heavy atom. The minimum atomic E-state index is 0.0516. The molecule has 0 unspecified atom stereocenters. The number of amides is 1. The van der Waals surface area contributed by atoms with Crippen LogP contribution in [0.4, 0.5) is 5.69 Å². The highest BCUT2D eigenvalue weighted by Crippen LogP contribution is 2.29. The first-order chi connectivity index (χ1) is 20.1. The highest BCUT2D eigenvalue weighted by atomic mass is 32.2. The molecular formula is C35H52N2O3S. The molecule has 0 spiro atoms. The van der Waals surface area contributed by atoms with Crippen LogP contribution >= 0.6 is 11.8 Å². The Balaban J connectivity index is 1.41. The van der Waals surface area contributed by atoms with Gasteiger partial charge in [0.1, 0.15) is 0 Å². The van der Waals surface area contributed by atoms with Crippen LogP contribution in [-0.4, -0.2) is 36.9 Å². The van der Waals surface area contributed by atoms with Gasteiger partial charge in [0.25, 0.3) is 0 Å². The van der Waals surface area contributed by atoms with E-state index in [9.17, 15) is 4.79 Å². The third-order valence-electron chi connectivity index (χ3n) is 7.70. The maximum absolute atomic E-state index is 12.6. The van der Waals surface area contributed by atoms with E-state index in [2.05, 4.69) is 47.7 Å². The molecule has 1 aliphatic rings. The minimum absolute atomic E-state index is 0.0516. The van der Waals surface area contributed by atoms with Gasteiger partial charge < -0.3 is 19.3 Å². The molecule has 226 valence electrons. The van der Waals surface area contributed by atoms with Gasteiger partial charge in [-0.3, -0.25) is 4.79 Å². The molecule has 0 saturated carbocycles. The molecule has 41 heavy (non-hydrogen) atoms. The Morgan fingerprint density at radius 3 is 2.22 bits per heavy atom. The molecule has 3 rings (SSSR count). The number of unbranched alkanes of at least 4 members (excludes halogenated alkanes) is 11. The van der Waals surface area contributed by atoms with E-state index in [0.29, 0.717) is 13.2 Å². The van der Waals surface area contributed by atoms with Crippen LogP contribution in [0.2, 0.25) is 0 Å². The fourth-order valence-corrected chi connectivity index (χ4v) is 6.00. The van der Waals surface area contributed by atoms with E-state index in [1.54, 1.807) is 25.8 Å². The summed E-state index contributed by atoms with van der Waals surface area (Å²) in [5, 5.41) is 2.12. The highest BCUT2D eigenvalue weighted by molar-refractivity contribution is 8.02. The molecule has 0 radical (unpaired) electrons. The number of thioether (sulfide) groups is 1. The number of rotatable bonds is 21. The van der Waals surface area contributed by atoms with E-state index < -0.39 is 0 Å². The summed E-state index contributed by atoms with van der Waals surface area (Å²) >= 11 is 1.80. The number of hydrogen-bond acceptors (Lipinski definition) is 5. The molecular weight excluding hydrogens is 528 g/mol. The van der Waals surface area contributed by atoms with Crippen molar-refractivity contribution in [3.8, 4) is 11.5 Å². The zero-order valence-electron chi connectivity index (χ0n) is 25.7. The topological polar surface area (TPSA) is 42.0 Å². The normalized spacial score (nSPS) is 12.6. The first-order valence-electron chi connectivity index (χ1n) is 15.8. The smallest absolute Gasteiger partial charge is 0.223 e. The SMILES string of the molecule is CCCCCCCCCCCCCCOc1cc(CCN(C(C)=O)c2cccc(CN3C=CSC3)c2)ccc1OC. The summed E-state index contributed by atoms with van der Waals surface area (Å²) in [6.45, 7) is 6.08. The maximum atomic E-state index is 12.6. The quantitative estimate of drug-likeness (QED) is 0.138. The van der Waals surface area contributed by atoms with Crippen LogP contribution in [0.25, 0.3) is 0 Å². The van der Waals surface area contributed by atoms with Crippen molar-refractivity contribution in [1.29, 1.82) is 0 Å². The average Bonchev–Trinajstić information content (AvgIpc) is 3.49. The molecule has 5 nitrogen and oxygen atoms in total. The van der Waals surface area contributed by atoms with Crippen molar-refractivity contribution >= 4 is 23.4 Å². The summed E-state index contributed by atoms with van der Waals surface area (Å²) < 4.78 is 11.7. The van der Waals surface area contributed by atoms with E-state index in [1.165, 1.54) is 76.2 Å². The number of nitrogens with zero attached hydrogens (tertiary/aromatic N) is 2. The lowest BCUT2D eigenvalue weighted by atomic mass is 10.1. The van der Waals surface area contributed by atoms with E-state index in [4.69, 9.17) is 9.47 Å². The zero-order chi connectivity index (χ0) is 29.1. The van der Waals surface area contributed by atoms with E-state index in [0.717, 1.165) is 48.0 Å². The first kappa shape index (κ1) is 32.9. The number of benzene rings is 2. The molecule has 1 aliphatic heterocycles. The van der Waals surface area contributed by atoms with Gasteiger partial charge in [-0.15, -0.1) is 11.8 Å². The number of anilines is 1. The number of carbonyl (C=O) groups excluding carboxylic acids is 1. The van der Waals surface area contributed by atoms with Crippen LogP contribution in [0.3, 0.4) is 0 Å². The molecule has 0 aromatic heterocycles. The summed E-state index contributed by atoms with van der Waals surface area (Å²) in [6.07, 6.45) is 18.8. The van der Waals surface area contributed by atoms with Gasteiger partial charge in [-0.05, 0) is 53.6 Å². The van der Waals surface area contributed by atoms with Crippen molar-refractivity contribution in [2.45, 2.75) is 104 Å². The van der Waals surface area contributed by atoms with Crippen LogP contribution < -0.4 is 14.4 Å². The van der Waals surface area contributed by atoms with Crippen LogP contribution in [-0.2, 0) is 17.8 Å². The Kier molecular flexibility index (Phi) is 15.7. The monoisotopic (exact) mass is 580 g/mol. The molecule has 2 aromatic carbocycles. The highest BCUT2D eigenvalue weighted by Gasteiger charge is 2.14. The lowest BCUT2D eigenvalue weighted by Crippen LogP contribution is -2.30. The van der Waals surface area contributed by atoms with Gasteiger partial charge in [-0.1, -0.05) is 95.8 Å². The second-order valence-electron chi connectivity index (χ2n) is 11.1. The lowest BCUT2D eigenvalue weighted by Gasteiger charge is -2.23. The third-order valence-corrected chi connectivity index (χ3v) is 8.50. The average molecular weight is 581 g/mol. The van der Waals surface area contributed by atoms with Crippen LogP contribution in [0.5, 0.6) is 11.5 Å². The van der Waals surface area contributed by atoms with Crippen molar-refractivity contribution < 1.29 is 14.3 Å². The fourth-order valence-electron chi connectivity index (χ4n) is 5.29. The van der Waals surface area contributed by atoms with Gasteiger partial charge >= 0.3 is 0 Å². The van der Waals surface area contributed by atoms with Gasteiger partial charge in [0.2, 0.25) is 5.91 Å². The molecule has 0 atom stereocenters. The lowest BCUT2D eigenvalue weighted by molar-refractivity contribution is -0.116. The van der Waals surface area contributed by atoms with Gasteiger partial charge in [0.05, 0.1) is 19.6 Å². The van der Waals surface area contributed by atoms with Crippen LogP contribution in [0, 0.1) is 0 Å². The zero-order valence-corrected chi connectivity index (χ0v) is 26.6. The number of hydrogen-bond donors (Lipinski definition) is 0. The molecule has 1 heterocycles. The summed E-state index contributed by atoms with van der Waals surface area (Å²) in [6, 6.07) is 14.5. The number of carbonyl (C=O) groups is 1. The molecule has 0 fully saturated rings. The van der Waals surface area contributed by atoms with Gasteiger partial charge in [0, 0.05) is 31.9 Å².